The highest BCUT2D eigenvalue weighted by atomic mass is 32.2. The fourth-order valence-corrected chi connectivity index (χ4v) is 4.42. The molecule has 1 amide bonds. The Labute approximate surface area is 181 Å². The first-order valence-corrected chi connectivity index (χ1v) is 10.8. The van der Waals surface area contributed by atoms with Gasteiger partial charge in [-0.3, -0.25) is 10.1 Å². The van der Waals surface area contributed by atoms with Gasteiger partial charge >= 0.3 is 0 Å². The molecule has 0 aliphatic heterocycles. The second-order valence-electron chi connectivity index (χ2n) is 6.24. The van der Waals surface area contributed by atoms with E-state index in [0.717, 1.165) is 15.8 Å². The predicted octanol–water partition coefficient (Wildman–Crippen LogP) is 3.98. The van der Waals surface area contributed by atoms with Crippen LogP contribution in [0.1, 0.15) is 21.7 Å². The first-order valence-electron chi connectivity index (χ1n) is 9.02. The van der Waals surface area contributed by atoms with Crippen molar-refractivity contribution in [3.05, 3.63) is 71.5 Å². The number of thioether (sulfide) groups is 1. The minimum absolute atomic E-state index is 0.228. The Balaban J connectivity index is 1.43. The van der Waals surface area contributed by atoms with Gasteiger partial charge in [-0.2, -0.15) is 0 Å². The molecule has 0 aliphatic rings. The summed E-state index contributed by atoms with van der Waals surface area (Å²) in [5.74, 6) is 1.11. The van der Waals surface area contributed by atoms with Crippen molar-refractivity contribution < 1.29 is 9.53 Å². The van der Waals surface area contributed by atoms with E-state index in [9.17, 15) is 4.79 Å². The molecular formula is C20H18N6O2S2. The van der Waals surface area contributed by atoms with Crippen LogP contribution in [0, 0.1) is 6.92 Å². The van der Waals surface area contributed by atoms with Crippen LogP contribution in [0.3, 0.4) is 0 Å². The second-order valence-corrected chi connectivity index (χ2v) is 8.44. The zero-order valence-electron chi connectivity index (χ0n) is 16.3. The van der Waals surface area contributed by atoms with Crippen molar-refractivity contribution in [2.45, 2.75) is 17.0 Å². The van der Waals surface area contributed by atoms with Crippen molar-refractivity contribution in [3.63, 3.8) is 0 Å². The van der Waals surface area contributed by atoms with Gasteiger partial charge in [0.1, 0.15) is 5.75 Å². The van der Waals surface area contributed by atoms with E-state index in [-0.39, 0.29) is 11.6 Å². The Morgan fingerprint density at radius 3 is 2.77 bits per heavy atom. The van der Waals surface area contributed by atoms with Gasteiger partial charge in [0.25, 0.3) is 5.91 Å². The quantitative estimate of drug-likeness (QED) is 0.344. The number of aromatic nitrogens is 5. The molecule has 4 aromatic rings. The number of ether oxygens (including phenoxy) is 1. The van der Waals surface area contributed by atoms with Gasteiger partial charge in [0, 0.05) is 11.8 Å². The summed E-state index contributed by atoms with van der Waals surface area (Å²) in [6, 6.07) is 17.5. The molecule has 8 nitrogen and oxygen atoms in total. The van der Waals surface area contributed by atoms with Crippen LogP contribution >= 0.6 is 23.1 Å². The number of carbonyl (C=O) groups excluding carboxylic acids is 1. The minimum Gasteiger partial charge on any atom is -0.497 e. The summed E-state index contributed by atoms with van der Waals surface area (Å²) in [5.41, 5.74) is 2.80. The van der Waals surface area contributed by atoms with Crippen LogP contribution in [0.15, 0.2) is 58.9 Å². The van der Waals surface area contributed by atoms with Gasteiger partial charge in [0.05, 0.1) is 18.5 Å². The number of nitrogens with zero attached hydrogens (tertiary/aromatic N) is 5. The van der Waals surface area contributed by atoms with E-state index in [1.54, 1.807) is 30.5 Å². The maximum atomic E-state index is 12.7. The molecule has 0 unspecified atom stereocenters. The maximum Gasteiger partial charge on any atom is 0.279 e. The average molecular weight is 439 g/mol. The molecule has 0 atom stereocenters. The lowest BCUT2D eigenvalue weighted by Crippen LogP contribution is -2.14. The Morgan fingerprint density at radius 1 is 1.13 bits per heavy atom. The molecule has 0 aliphatic carbocycles. The standard InChI is InChI=1S/C20H18N6O2S2/c1-13-17(22-25-26(13)15-9-6-10-16(11-15)28-2)18(27)21-19-23-24-20(30-19)29-12-14-7-4-3-5-8-14/h3-11H,12H2,1-2H3,(H,21,23,27). The Morgan fingerprint density at radius 2 is 1.97 bits per heavy atom. The fraction of sp³-hybridized carbons (Fsp3) is 0.150. The van der Waals surface area contributed by atoms with Crippen molar-refractivity contribution in [1.82, 2.24) is 25.2 Å². The third kappa shape index (κ3) is 4.50. The zero-order chi connectivity index (χ0) is 20.9. The molecule has 0 spiro atoms. The molecule has 4 rings (SSSR count). The molecule has 0 saturated heterocycles. The van der Waals surface area contributed by atoms with Crippen molar-refractivity contribution in [2.24, 2.45) is 0 Å². The van der Waals surface area contributed by atoms with Gasteiger partial charge < -0.3 is 4.74 Å². The van der Waals surface area contributed by atoms with Crippen LogP contribution in [-0.4, -0.2) is 38.2 Å². The van der Waals surface area contributed by atoms with E-state index in [1.807, 2.05) is 42.5 Å². The molecular weight excluding hydrogens is 420 g/mol. The summed E-state index contributed by atoms with van der Waals surface area (Å²) >= 11 is 2.90. The number of carbonyl (C=O) groups is 1. The van der Waals surface area contributed by atoms with E-state index in [2.05, 4.69) is 38.0 Å². The van der Waals surface area contributed by atoms with Crippen LogP contribution in [-0.2, 0) is 5.75 Å². The molecule has 0 saturated carbocycles. The molecule has 152 valence electrons. The van der Waals surface area contributed by atoms with E-state index >= 15 is 0 Å². The third-order valence-electron chi connectivity index (χ3n) is 4.24. The molecule has 1 N–H and O–H groups in total. The Hall–Kier alpha value is -3.24. The van der Waals surface area contributed by atoms with Gasteiger partial charge in [0.15, 0.2) is 10.0 Å². The second kappa shape index (κ2) is 9.06. The zero-order valence-corrected chi connectivity index (χ0v) is 17.9. The van der Waals surface area contributed by atoms with Gasteiger partial charge in [-0.15, -0.1) is 15.3 Å². The normalized spacial score (nSPS) is 10.7. The van der Waals surface area contributed by atoms with Crippen LogP contribution in [0.4, 0.5) is 5.13 Å². The van der Waals surface area contributed by atoms with E-state index in [1.165, 1.54) is 16.9 Å². The Bertz CT molecular complexity index is 1160. The third-order valence-corrected chi connectivity index (χ3v) is 6.28. The lowest BCUT2D eigenvalue weighted by atomic mass is 10.2. The van der Waals surface area contributed by atoms with Crippen LogP contribution < -0.4 is 10.1 Å². The molecule has 2 heterocycles. The first kappa shape index (κ1) is 20.0. The molecule has 2 aromatic heterocycles. The van der Waals surface area contributed by atoms with Crippen LogP contribution in [0.5, 0.6) is 5.75 Å². The number of methoxy groups -OCH3 is 1. The van der Waals surface area contributed by atoms with Gasteiger partial charge in [0.2, 0.25) is 5.13 Å². The van der Waals surface area contributed by atoms with Crippen molar-refractivity contribution in [1.29, 1.82) is 0 Å². The van der Waals surface area contributed by atoms with Crippen molar-refractivity contribution >= 4 is 34.1 Å². The number of benzene rings is 2. The number of hydrogen-bond acceptors (Lipinski definition) is 8. The molecule has 0 fully saturated rings. The topological polar surface area (TPSA) is 94.8 Å². The highest BCUT2D eigenvalue weighted by Crippen LogP contribution is 2.28. The predicted molar refractivity (Wildman–Crippen MR) is 117 cm³/mol. The Kier molecular flexibility index (Phi) is 6.05. The molecule has 2 aromatic carbocycles. The summed E-state index contributed by atoms with van der Waals surface area (Å²) in [5, 5.41) is 19.5. The molecule has 10 heteroatoms. The first-order chi connectivity index (χ1) is 14.6. The molecule has 0 radical (unpaired) electrons. The lowest BCUT2D eigenvalue weighted by molar-refractivity contribution is 0.102. The number of anilines is 1. The number of amides is 1. The molecule has 30 heavy (non-hydrogen) atoms. The van der Waals surface area contributed by atoms with Crippen molar-refractivity contribution in [3.8, 4) is 11.4 Å². The highest BCUT2D eigenvalue weighted by Gasteiger charge is 2.19. The molecule has 0 bridgehead atoms. The van der Waals surface area contributed by atoms with E-state index in [0.29, 0.717) is 16.6 Å². The number of hydrogen-bond donors (Lipinski definition) is 1. The van der Waals surface area contributed by atoms with Crippen molar-refractivity contribution in [2.75, 3.05) is 12.4 Å². The lowest BCUT2D eigenvalue weighted by Gasteiger charge is -2.05. The minimum atomic E-state index is -0.377. The van der Waals surface area contributed by atoms with Gasteiger partial charge in [-0.1, -0.05) is 64.7 Å². The summed E-state index contributed by atoms with van der Waals surface area (Å²) in [6.07, 6.45) is 0. The average Bonchev–Trinajstić information content (AvgIpc) is 3.39. The van der Waals surface area contributed by atoms with E-state index in [4.69, 9.17) is 4.74 Å². The maximum absolute atomic E-state index is 12.7. The SMILES string of the molecule is COc1cccc(-n2nnc(C(=O)Nc3nnc(SCc4ccccc4)s3)c2C)c1. The largest absolute Gasteiger partial charge is 0.497 e. The van der Waals surface area contributed by atoms with E-state index < -0.39 is 0 Å². The smallest absolute Gasteiger partial charge is 0.279 e. The highest BCUT2D eigenvalue weighted by molar-refractivity contribution is 8.00. The van der Waals surface area contributed by atoms with Gasteiger partial charge in [-0.05, 0) is 24.6 Å². The van der Waals surface area contributed by atoms with Gasteiger partial charge in [-0.25, -0.2) is 4.68 Å². The monoisotopic (exact) mass is 438 g/mol. The summed E-state index contributed by atoms with van der Waals surface area (Å²) in [6.45, 7) is 1.79. The fourth-order valence-electron chi connectivity index (χ4n) is 2.72. The van der Waals surface area contributed by atoms with Crippen LogP contribution in [0.25, 0.3) is 5.69 Å². The van der Waals surface area contributed by atoms with Crippen LogP contribution in [0.2, 0.25) is 0 Å². The summed E-state index contributed by atoms with van der Waals surface area (Å²) in [7, 11) is 1.60. The summed E-state index contributed by atoms with van der Waals surface area (Å²) in [4.78, 5) is 12.7. The number of nitrogens with one attached hydrogen (secondary N) is 1. The number of rotatable bonds is 7. The summed E-state index contributed by atoms with van der Waals surface area (Å²) < 4.78 is 7.62.